The number of hydrogen-bond donors (Lipinski definition) is 1. The Morgan fingerprint density at radius 2 is 2.15 bits per heavy atom. The van der Waals surface area contributed by atoms with Crippen LogP contribution in [-0.4, -0.2) is 50.1 Å². The quantitative estimate of drug-likeness (QED) is 0.899. The van der Waals surface area contributed by atoms with Gasteiger partial charge >= 0.3 is 0 Å². The van der Waals surface area contributed by atoms with Gasteiger partial charge in [0.2, 0.25) is 0 Å². The molecule has 1 aromatic carbocycles. The van der Waals surface area contributed by atoms with Crippen molar-refractivity contribution in [2.45, 2.75) is 18.9 Å². The van der Waals surface area contributed by atoms with Crippen LogP contribution in [0.15, 0.2) is 36.5 Å². The molecule has 6 nitrogen and oxygen atoms in total. The summed E-state index contributed by atoms with van der Waals surface area (Å²) in [5, 5.41) is 17.6. The van der Waals surface area contributed by atoms with Crippen LogP contribution < -0.4 is 0 Å². The molecule has 1 aromatic heterocycles. The number of benzene rings is 1. The number of amides is 1. The van der Waals surface area contributed by atoms with Gasteiger partial charge in [0, 0.05) is 6.54 Å². The predicted molar refractivity (Wildman–Crippen MR) is 72.5 cm³/mol. The van der Waals surface area contributed by atoms with Gasteiger partial charge in [-0.1, -0.05) is 18.2 Å². The van der Waals surface area contributed by atoms with E-state index in [0.29, 0.717) is 12.2 Å². The van der Waals surface area contributed by atoms with Crippen molar-refractivity contribution in [2.75, 3.05) is 13.2 Å². The fourth-order valence-corrected chi connectivity index (χ4v) is 2.49. The van der Waals surface area contributed by atoms with Crippen LogP contribution in [0.4, 0.5) is 0 Å². The lowest BCUT2D eigenvalue weighted by Crippen LogP contribution is -2.37. The lowest BCUT2D eigenvalue weighted by atomic mass is 10.2. The maximum absolute atomic E-state index is 12.4. The summed E-state index contributed by atoms with van der Waals surface area (Å²) >= 11 is 0. The molecule has 6 heteroatoms. The first-order valence-electron chi connectivity index (χ1n) is 6.69. The standard InChI is InChI=1S/C14H16N4O2/c19-10-12-7-4-8-17(12)14(20)13-9-15-18(16-13)11-5-2-1-3-6-11/h1-3,5-6,9,12,19H,4,7-8,10H2. The van der Waals surface area contributed by atoms with Crippen molar-refractivity contribution in [3.8, 4) is 5.69 Å². The topological polar surface area (TPSA) is 71.2 Å². The number of carbonyl (C=O) groups is 1. The Balaban J connectivity index is 1.82. The van der Waals surface area contributed by atoms with E-state index < -0.39 is 0 Å². The fraction of sp³-hybridized carbons (Fsp3) is 0.357. The third-order valence-corrected chi connectivity index (χ3v) is 3.55. The molecule has 0 bridgehead atoms. The Morgan fingerprint density at radius 1 is 1.35 bits per heavy atom. The van der Waals surface area contributed by atoms with E-state index in [1.165, 1.54) is 11.0 Å². The first-order chi connectivity index (χ1) is 9.79. The highest BCUT2D eigenvalue weighted by molar-refractivity contribution is 5.92. The molecular formula is C14H16N4O2. The Labute approximate surface area is 116 Å². The summed E-state index contributed by atoms with van der Waals surface area (Å²) < 4.78 is 0. The number of aromatic nitrogens is 3. The van der Waals surface area contributed by atoms with Crippen LogP contribution in [0.5, 0.6) is 0 Å². The van der Waals surface area contributed by atoms with Gasteiger partial charge in [0.15, 0.2) is 5.69 Å². The summed E-state index contributed by atoms with van der Waals surface area (Å²) in [6.45, 7) is 0.667. The zero-order valence-corrected chi connectivity index (χ0v) is 11.0. The van der Waals surface area contributed by atoms with Crippen molar-refractivity contribution in [2.24, 2.45) is 0 Å². The summed E-state index contributed by atoms with van der Waals surface area (Å²) in [6.07, 6.45) is 3.24. The predicted octanol–water partition coefficient (Wildman–Crippen LogP) is 0.864. The van der Waals surface area contributed by atoms with Crippen molar-refractivity contribution in [3.63, 3.8) is 0 Å². The molecule has 20 heavy (non-hydrogen) atoms. The largest absolute Gasteiger partial charge is 0.394 e. The smallest absolute Gasteiger partial charge is 0.276 e. The summed E-state index contributed by atoms with van der Waals surface area (Å²) in [7, 11) is 0. The van der Waals surface area contributed by atoms with E-state index >= 15 is 0 Å². The van der Waals surface area contributed by atoms with Crippen molar-refractivity contribution in [1.82, 2.24) is 19.9 Å². The van der Waals surface area contributed by atoms with Gasteiger partial charge in [0.1, 0.15) is 0 Å². The SMILES string of the molecule is O=C(c1cnn(-c2ccccc2)n1)N1CCCC1CO. The third kappa shape index (κ3) is 2.30. The normalized spacial score (nSPS) is 18.4. The van der Waals surface area contributed by atoms with Crippen LogP contribution >= 0.6 is 0 Å². The maximum Gasteiger partial charge on any atom is 0.276 e. The first-order valence-corrected chi connectivity index (χ1v) is 6.69. The van der Waals surface area contributed by atoms with E-state index in [1.807, 2.05) is 30.3 Å². The third-order valence-electron chi connectivity index (χ3n) is 3.55. The average Bonchev–Trinajstić information content (AvgIpc) is 3.16. The molecule has 1 amide bonds. The number of para-hydroxylation sites is 1. The average molecular weight is 272 g/mol. The molecule has 1 aliphatic rings. The molecule has 1 N–H and O–H groups in total. The van der Waals surface area contributed by atoms with Crippen molar-refractivity contribution in [1.29, 1.82) is 0 Å². The Hall–Kier alpha value is -2.21. The van der Waals surface area contributed by atoms with Gasteiger partial charge in [-0.2, -0.15) is 9.90 Å². The van der Waals surface area contributed by atoms with E-state index in [2.05, 4.69) is 10.2 Å². The summed E-state index contributed by atoms with van der Waals surface area (Å²) in [6, 6.07) is 9.35. The van der Waals surface area contributed by atoms with E-state index in [0.717, 1.165) is 18.5 Å². The molecule has 0 spiro atoms. The van der Waals surface area contributed by atoms with Gasteiger partial charge in [-0.3, -0.25) is 4.79 Å². The molecule has 1 fully saturated rings. The highest BCUT2D eigenvalue weighted by atomic mass is 16.3. The van der Waals surface area contributed by atoms with Gasteiger partial charge in [-0.25, -0.2) is 0 Å². The number of likely N-dealkylation sites (tertiary alicyclic amines) is 1. The zero-order valence-electron chi connectivity index (χ0n) is 11.0. The molecular weight excluding hydrogens is 256 g/mol. The highest BCUT2D eigenvalue weighted by Gasteiger charge is 2.30. The molecule has 1 saturated heterocycles. The number of hydrogen-bond acceptors (Lipinski definition) is 4. The van der Waals surface area contributed by atoms with Crippen LogP contribution in [0, 0.1) is 0 Å². The number of aliphatic hydroxyl groups excluding tert-OH is 1. The molecule has 3 rings (SSSR count). The second-order valence-electron chi connectivity index (χ2n) is 4.83. The molecule has 1 unspecified atom stereocenters. The molecule has 0 saturated carbocycles. The Kier molecular flexibility index (Phi) is 3.47. The Bertz CT molecular complexity index is 596. The van der Waals surface area contributed by atoms with E-state index in [9.17, 15) is 9.90 Å². The molecule has 1 aliphatic heterocycles. The number of carbonyl (C=O) groups excluding carboxylic acids is 1. The van der Waals surface area contributed by atoms with E-state index in [-0.39, 0.29) is 18.6 Å². The lowest BCUT2D eigenvalue weighted by molar-refractivity contribution is 0.0671. The van der Waals surface area contributed by atoms with Gasteiger partial charge < -0.3 is 10.0 Å². The molecule has 2 aromatic rings. The number of aliphatic hydroxyl groups is 1. The Morgan fingerprint density at radius 3 is 2.90 bits per heavy atom. The van der Waals surface area contributed by atoms with E-state index in [1.54, 1.807) is 4.90 Å². The van der Waals surface area contributed by atoms with Crippen LogP contribution in [0.2, 0.25) is 0 Å². The highest BCUT2D eigenvalue weighted by Crippen LogP contribution is 2.19. The molecule has 0 aliphatic carbocycles. The van der Waals surface area contributed by atoms with Gasteiger partial charge in [0.05, 0.1) is 24.5 Å². The molecule has 104 valence electrons. The second-order valence-corrected chi connectivity index (χ2v) is 4.83. The minimum absolute atomic E-state index is 0.00143. The van der Waals surface area contributed by atoms with Crippen molar-refractivity contribution < 1.29 is 9.90 Å². The van der Waals surface area contributed by atoms with E-state index in [4.69, 9.17) is 0 Å². The summed E-state index contributed by atoms with van der Waals surface area (Å²) in [5.74, 6) is -0.163. The fourth-order valence-electron chi connectivity index (χ4n) is 2.49. The van der Waals surface area contributed by atoms with Gasteiger partial charge in [0.25, 0.3) is 5.91 Å². The first kappa shape index (κ1) is 12.8. The van der Waals surface area contributed by atoms with Gasteiger partial charge in [-0.15, -0.1) is 5.10 Å². The number of rotatable bonds is 3. The van der Waals surface area contributed by atoms with Crippen LogP contribution in [0.3, 0.4) is 0 Å². The second kappa shape index (κ2) is 5.42. The summed E-state index contributed by atoms with van der Waals surface area (Å²) in [5.41, 5.74) is 1.13. The lowest BCUT2D eigenvalue weighted by Gasteiger charge is -2.21. The van der Waals surface area contributed by atoms with Crippen LogP contribution in [0.1, 0.15) is 23.3 Å². The monoisotopic (exact) mass is 272 g/mol. The maximum atomic E-state index is 12.4. The minimum atomic E-state index is -0.163. The summed E-state index contributed by atoms with van der Waals surface area (Å²) in [4.78, 5) is 15.5. The van der Waals surface area contributed by atoms with Crippen molar-refractivity contribution >= 4 is 5.91 Å². The van der Waals surface area contributed by atoms with Crippen LogP contribution in [0.25, 0.3) is 5.69 Å². The van der Waals surface area contributed by atoms with Crippen LogP contribution in [-0.2, 0) is 0 Å². The molecule has 0 radical (unpaired) electrons. The molecule has 2 heterocycles. The number of nitrogens with zero attached hydrogens (tertiary/aromatic N) is 4. The van der Waals surface area contributed by atoms with Crippen molar-refractivity contribution in [3.05, 3.63) is 42.2 Å². The molecule has 1 atom stereocenters. The minimum Gasteiger partial charge on any atom is -0.394 e. The zero-order chi connectivity index (χ0) is 13.9. The van der Waals surface area contributed by atoms with Gasteiger partial charge in [-0.05, 0) is 25.0 Å².